The van der Waals surface area contributed by atoms with E-state index in [2.05, 4.69) is 31.0 Å². The third-order valence-corrected chi connectivity index (χ3v) is 7.52. The molecule has 0 fully saturated rings. The Hall–Kier alpha value is -1.54. The van der Waals surface area contributed by atoms with Crippen LogP contribution >= 0.6 is 57.5 Å². The average molecular weight is 459 g/mol. The van der Waals surface area contributed by atoms with Crippen LogP contribution in [-0.2, 0) is 16.0 Å². The van der Waals surface area contributed by atoms with Crippen molar-refractivity contribution in [2.75, 3.05) is 22.1 Å². The molecule has 8 nitrogen and oxygen atoms in total. The first kappa shape index (κ1) is 20.2. The average Bonchev–Trinajstić information content (AvgIpc) is 3.37. The number of carbonyl (C=O) groups excluding carboxylic acids is 2. The van der Waals surface area contributed by atoms with Crippen LogP contribution in [0.1, 0.15) is 11.8 Å². The molecule has 0 radical (unpaired) electrons. The summed E-state index contributed by atoms with van der Waals surface area (Å²) in [6.07, 6.45) is 0.308. The molecular formula is C14H14N6O2S5. The van der Waals surface area contributed by atoms with Crippen LogP contribution in [0.3, 0.4) is 0 Å². The van der Waals surface area contributed by atoms with Crippen LogP contribution in [0.25, 0.3) is 0 Å². The Morgan fingerprint density at radius 3 is 2.30 bits per heavy atom. The highest BCUT2D eigenvalue weighted by molar-refractivity contribution is 8.01. The van der Waals surface area contributed by atoms with Crippen molar-refractivity contribution in [2.24, 2.45) is 0 Å². The third kappa shape index (κ3) is 6.53. The first-order valence-electron chi connectivity index (χ1n) is 7.67. The van der Waals surface area contributed by atoms with Crippen LogP contribution in [0.15, 0.2) is 26.2 Å². The number of hydrogen-bond acceptors (Lipinski definition) is 11. The Balaban J connectivity index is 1.43. The minimum Gasteiger partial charge on any atom is -0.300 e. The van der Waals surface area contributed by atoms with E-state index in [1.807, 2.05) is 24.4 Å². The Morgan fingerprint density at radius 1 is 1.00 bits per heavy atom. The molecule has 0 aromatic carbocycles. The molecule has 0 aliphatic heterocycles. The van der Waals surface area contributed by atoms with E-state index >= 15 is 0 Å². The highest BCUT2D eigenvalue weighted by Gasteiger charge is 2.13. The Bertz CT molecular complexity index is 894. The van der Waals surface area contributed by atoms with Gasteiger partial charge in [0.25, 0.3) is 0 Å². The van der Waals surface area contributed by atoms with Crippen molar-refractivity contribution in [1.82, 2.24) is 20.4 Å². The highest BCUT2D eigenvalue weighted by atomic mass is 32.2. The van der Waals surface area contributed by atoms with Gasteiger partial charge in [0, 0.05) is 4.88 Å². The summed E-state index contributed by atoms with van der Waals surface area (Å²) in [5.74, 6) is 0.748. The van der Waals surface area contributed by atoms with Crippen molar-refractivity contribution in [2.45, 2.75) is 22.0 Å². The van der Waals surface area contributed by atoms with Gasteiger partial charge in [0.15, 0.2) is 8.68 Å². The minimum atomic E-state index is -0.192. The van der Waals surface area contributed by atoms with Gasteiger partial charge in [-0.2, -0.15) is 0 Å². The number of hydrogen-bond donors (Lipinski definition) is 2. The van der Waals surface area contributed by atoms with Crippen molar-refractivity contribution in [1.29, 1.82) is 0 Å². The number of nitrogens with one attached hydrogen (secondary N) is 2. The number of thiophene rings is 1. The maximum absolute atomic E-state index is 12.0. The smallest absolute Gasteiger partial charge is 0.236 e. The Morgan fingerprint density at radius 2 is 1.67 bits per heavy atom. The number of carbonyl (C=O) groups is 2. The van der Waals surface area contributed by atoms with E-state index in [0.717, 1.165) is 15.0 Å². The number of anilines is 2. The van der Waals surface area contributed by atoms with E-state index in [1.165, 1.54) is 45.8 Å². The summed E-state index contributed by atoms with van der Waals surface area (Å²) in [4.78, 5) is 24.9. The number of rotatable bonds is 9. The molecule has 0 unspecified atom stereocenters. The van der Waals surface area contributed by atoms with Crippen LogP contribution < -0.4 is 10.6 Å². The fourth-order valence-corrected chi connectivity index (χ4v) is 5.71. The molecule has 142 valence electrons. The summed E-state index contributed by atoms with van der Waals surface area (Å²) in [6.45, 7) is 2.03. The van der Waals surface area contributed by atoms with Gasteiger partial charge in [-0.3, -0.25) is 14.9 Å². The van der Waals surface area contributed by atoms with Crippen LogP contribution in [0.5, 0.6) is 0 Å². The molecule has 13 heteroatoms. The molecule has 3 aromatic heterocycles. The summed E-state index contributed by atoms with van der Waals surface area (Å²) in [5, 5.41) is 24.1. The summed E-state index contributed by atoms with van der Waals surface area (Å²) in [6, 6.07) is 3.81. The first-order valence-corrected chi connectivity index (χ1v) is 12.2. The summed E-state index contributed by atoms with van der Waals surface area (Å²) < 4.78 is 1.43. The lowest BCUT2D eigenvalue weighted by Crippen LogP contribution is -2.13. The second kappa shape index (κ2) is 10.1. The Labute approximate surface area is 175 Å². The summed E-state index contributed by atoms with van der Waals surface area (Å²) in [7, 11) is 0. The van der Waals surface area contributed by atoms with E-state index in [-0.39, 0.29) is 17.6 Å². The zero-order valence-electron chi connectivity index (χ0n) is 14.0. The SMILES string of the molecule is CCSc1nnc(NC(=O)CSc2nnc(NC(=O)Cc3cccs3)s2)s1. The second-order valence-corrected chi connectivity index (χ2v) is 10.5. The standard InChI is InChI=1S/C14H14N6O2S5/c1-2-23-13-19-18-12(26-13)16-10(22)7-25-14-20-17-11(27-14)15-9(21)6-8-4-3-5-24-8/h3-5H,2,6-7H2,1H3,(H,15,17,21)(H,16,18,22). The van der Waals surface area contributed by atoms with Gasteiger partial charge in [-0.15, -0.1) is 31.7 Å². The molecule has 0 spiro atoms. The van der Waals surface area contributed by atoms with Gasteiger partial charge in [0.1, 0.15) is 0 Å². The number of thioether (sulfide) groups is 2. The number of nitrogens with zero attached hydrogens (tertiary/aromatic N) is 4. The summed E-state index contributed by atoms with van der Waals surface area (Å²) in [5.41, 5.74) is 0. The molecule has 3 heterocycles. The fourth-order valence-electron chi connectivity index (χ4n) is 1.78. The van der Waals surface area contributed by atoms with E-state index < -0.39 is 0 Å². The van der Waals surface area contributed by atoms with Gasteiger partial charge in [0.05, 0.1) is 12.2 Å². The zero-order chi connectivity index (χ0) is 19.1. The first-order chi connectivity index (χ1) is 13.1. The Kier molecular flexibility index (Phi) is 7.58. The normalized spacial score (nSPS) is 10.7. The largest absolute Gasteiger partial charge is 0.300 e. The van der Waals surface area contributed by atoms with E-state index in [9.17, 15) is 9.59 Å². The third-order valence-electron chi connectivity index (χ3n) is 2.82. The lowest BCUT2D eigenvalue weighted by molar-refractivity contribution is -0.115. The zero-order valence-corrected chi connectivity index (χ0v) is 18.1. The number of amides is 2. The molecule has 27 heavy (non-hydrogen) atoms. The maximum Gasteiger partial charge on any atom is 0.236 e. The van der Waals surface area contributed by atoms with Crippen molar-refractivity contribution in [3.8, 4) is 0 Å². The lowest BCUT2D eigenvalue weighted by atomic mass is 10.3. The van der Waals surface area contributed by atoms with Gasteiger partial charge >= 0.3 is 0 Å². The predicted octanol–water partition coefficient (Wildman–Crippen LogP) is 3.48. The lowest BCUT2D eigenvalue weighted by Gasteiger charge is -1.99. The van der Waals surface area contributed by atoms with Crippen LogP contribution in [-0.4, -0.2) is 43.7 Å². The van der Waals surface area contributed by atoms with E-state index in [0.29, 0.717) is 21.0 Å². The van der Waals surface area contributed by atoms with Crippen LogP contribution in [0.4, 0.5) is 10.3 Å². The quantitative estimate of drug-likeness (QED) is 0.370. The molecule has 2 amide bonds. The van der Waals surface area contributed by atoms with Crippen LogP contribution in [0, 0.1) is 0 Å². The van der Waals surface area contributed by atoms with Crippen molar-refractivity contribution in [3.05, 3.63) is 22.4 Å². The second-order valence-electron chi connectivity index (χ2n) is 4.82. The monoisotopic (exact) mass is 458 g/mol. The summed E-state index contributed by atoms with van der Waals surface area (Å²) >= 11 is 6.95. The van der Waals surface area contributed by atoms with E-state index in [4.69, 9.17) is 0 Å². The minimum absolute atomic E-state index is 0.139. The van der Waals surface area contributed by atoms with Crippen molar-refractivity contribution in [3.63, 3.8) is 0 Å². The van der Waals surface area contributed by atoms with Crippen molar-refractivity contribution >= 4 is 79.6 Å². The molecule has 0 atom stereocenters. The van der Waals surface area contributed by atoms with Gasteiger partial charge in [-0.25, -0.2) is 0 Å². The highest BCUT2D eigenvalue weighted by Crippen LogP contribution is 2.27. The van der Waals surface area contributed by atoms with E-state index in [1.54, 1.807) is 11.8 Å². The molecule has 0 bridgehead atoms. The fraction of sp³-hybridized carbons (Fsp3) is 0.286. The molecule has 3 aromatic rings. The van der Waals surface area contributed by atoms with Gasteiger partial charge in [-0.1, -0.05) is 59.2 Å². The number of aromatic nitrogens is 4. The predicted molar refractivity (Wildman–Crippen MR) is 112 cm³/mol. The van der Waals surface area contributed by atoms with Crippen molar-refractivity contribution < 1.29 is 9.59 Å². The molecule has 0 saturated carbocycles. The molecule has 0 aliphatic carbocycles. The molecule has 2 N–H and O–H groups in total. The molecule has 0 saturated heterocycles. The topological polar surface area (TPSA) is 110 Å². The molecule has 3 rings (SSSR count). The maximum atomic E-state index is 12.0. The van der Waals surface area contributed by atoms with Gasteiger partial charge in [-0.05, 0) is 17.2 Å². The molecular weight excluding hydrogens is 445 g/mol. The van der Waals surface area contributed by atoms with Crippen LogP contribution in [0.2, 0.25) is 0 Å². The van der Waals surface area contributed by atoms with Gasteiger partial charge < -0.3 is 5.32 Å². The van der Waals surface area contributed by atoms with Gasteiger partial charge in [0.2, 0.25) is 22.1 Å². The molecule has 0 aliphatic rings.